The van der Waals surface area contributed by atoms with Gasteiger partial charge in [0.2, 0.25) is 0 Å². The van der Waals surface area contributed by atoms with E-state index in [0.29, 0.717) is 16.7 Å². The molecule has 3 fully saturated rings. The highest BCUT2D eigenvalue weighted by atomic mass is 32.1. The molecule has 57 heavy (non-hydrogen) atoms. The molecule has 0 aliphatic carbocycles. The summed E-state index contributed by atoms with van der Waals surface area (Å²) in [5.41, 5.74) is 6.15. The monoisotopic (exact) mass is 824 g/mol. The van der Waals surface area contributed by atoms with Gasteiger partial charge in [-0.05, 0) is 78.7 Å². The number of hydroxylamine groups is 1. The van der Waals surface area contributed by atoms with Crippen LogP contribution in [0.2, 0.25) is 0 Å². The van der Waals surface area contributed by atoms with Crippen molar-refractivity contribution in [2.24, 2.45) is 23.7 Å². The van der Waals surface area contributed by atoms with Crippen LogP contribution in [0.5, 0.6) is 0 Å². The lowest BCUT2D eigenvalue weighted by Gasteiger charge is -2.47. The third-order valence-corrected chi connectivity index (χ3v) is 12.7. The third-order valence-electron chi connectivity index (χ3n) is 11.9. The minimum absolute atomic E-state index is 0.0453. The first kappa shape index (κ1) is 45.4. The number of carbonyl (C=O) groups is 3. The number of carbonyl (C=O) groups excluding carboxylic acids is 3. The van der Waals surface area contributed by atoms with Crippen molar-refractivity contribution < 1.29 is 57.5 Å². The predicted octanol–water partition coefficient (Wildman–Crippen LogP) is 3.55. The number of benzene rings is 1. The third kappa shape index (κ3) is 9.85. The Labute approximate surface area is 338 Å². The predicted molar refractivity (Wildman–Crippen MR) is 209 cm³/mol. The standard InChI is InChI=1S/C40H61FN4O11S/c1-11-29-40(8,50)35-21(4)31(46)19(2)15-39(7,52-18-25(17-51-35)44-53-16-24-13-26(41)30-28(14-24)57-38(42)43-30)34(22(5)32(47)23(6)36(49)55-29)56-37-33(48)27(45(9)10)12-20(3)54-37/h13-14,19-23,25,27,29,33-35,37,44,48,50H,11-12,15-18H2,1-10H3,(H2,42,43)/t19-,20-,21+,22+,23-,25?,27+,29-,33-,34-,35-,37+,39-,40-/m1/s1. The van der Waals surface area contributed by atoms with Gasteiger partial charge in [-0.3, -0.25) is 19.2 Å². The Hall–Kier alpha value is -2.71. The number of aliphatic hydroxyl groups excluding tert-OH is 1. The highest BCUT2D eigenvalue weighted by Crippen LogP contribution is 2.40. The van der Waals surface area contributed by atoms with Crippen molar-refractivity contribution in [3.63, 3.8) is 0 Å². The van der Waals surface area contributed by atoms with Crippen LogP contribution in [0.3, 0.4) is 0 Å². The van der Waals surface area contributed by atoms with E-state index < -0.39 is 89.2 Å². The average molecular weight is 825 g/mol. The summed E-state index contributed by atoms with van der Waals surface area (Å²) < 4.78 is 47.4. The van der Waals surface area contributed by atoms with E-state index in [1.807, 2.05) is 25.9 Å². The molecule has 0 amide bonds. The van der Waals surface area contributed by atoms with Crippen molar-refractivity contribution in [2.45, 2.75) is 141 Å². The molecule has 0 spiro atoms. The maximum atomic E-state index is 14.9. The summed E-state index contributed by atoms with van der Waals surface area (Å²) in [6.07, 6.45) is -5.39. The molecule has 2 bridgehead atoms. The first-order chi connectivity index (χ1) is 26.7. The number of ketones is 2. The maximum Gasteiger partial charge on any atom is 0.316 e. The van der Waals surface area contributed by atoms with Gasteiger partial charge in [-0.25, -0.2) is 9.37 Å². The van der Waals surface area contributed by atoms with Crippen LogP contribution in [0.15, 0.2) is 12.1 Å². The van der Waals surface area contributed by atoms with Gasteiger partial charge < -0.3 is 44.5 Å². The van der Waals surface area contributed by atoms with Gasteiger partial charge in [-0.2, -0.15) is 5.48 Å². The number of thiazole rings is 1. The average Bonchev–Trinajstić information content (AvgIpc) is 3.53. The molecule has 320 valence electrons. The second kappa shape index (κ2) is 18.3. The lowest BCUT2D eigenvalue weighted by atomic mass is 9.74. The molecule has 3 saturated heterocycles. The van der Waals surface area contributed by atoms with E-state index in [1.165, 1.54) is 19.9 Å². The molecular formula is C40H61FN4O11S. The van der Waals surface area contributed by atoms with Gasteiger partial charge in [0.1, 0.15) is 35.0 Å². The number of Topliss-reactive ketones (excluding diaryl/α,β-unsaturated/α-hetero) is 2. The van der Waals surface area contributed by atoms with Gasteiger partial charge in [-0.15, -0.1) is 0 Å². The lowest BCUT2D eigenvalue weighted by molar-refractivity contribution is -0.298. The van der Waals surface area contributed by atoms with Gasteiger partial charge in [0.25, 0.3) is 0 Å². The number of fused-ring (bicyclic) bond motifs is 6. The number of nitrogen functional groups attached to an aromatic ring is 1. The largest absolute Gasteiger partial charge is 0.459 e. The molecule has 15 nitrogen and oxygen atoms in total. The number of anilines is 1. The zero-order valence-corrected chi connectivity index (χ0v) is 35.5. The van der Waals surface area contributed by atoms with Crippen LogP contribution < -0.4 is 11.2 Å². The quantitative estimate of drug-likeness (QED) is 0.171. The fourth-order valence-corrected chi connectivity index (χ4v) is 9.50. The molecule has 0 saturated carbocycles. The fourth-order valence-electron chi connectivity index (χ4n) is 8.69. The molecule has 4 heterocycles. The van der Waals surface area contributed by atoms with E-state index in [-0.39, 0.29) is 61.2 Å². The van der Waals surface area contributed by atoms with Gasteiger partial charge in [0.15, 0.2) is 23.0 Å². The molecule has 1 aromatic carbocycles. The van der Waals surface area contributed by atoms with E-state index in [4.69, 9.17) is 34.3 Å². The highest BCUT2D eigenvalue weighted by Gasteiger charge is 2.53. The molecule has 2 aromatic rings. The Morgan fingerprint density at radius 3 is 2.46 bits per heavy atom. The summed E-state index contributed by atoms with van der Waals surface area (Å²) >= 11 is 1.15. The Morgan fingerprint density at radius 2 is 1.79 bits per heavy atom. The number of ether oxygens (including phenoxy) is 5. The van der Waals surface area contributed by atoms with E-state index >= 15 is 0 Å². The van der Waals surface area contributed by atoms with Crippen LogP contribution in [-0.2, 0) is 49.5 Å². The van der Waals surface area contributed by atoms with E-state index in [2.05, 4.69) is 10.5 Å². The molecule has 14 atom stereocenters. The van der Waals surface area contributed by atoms with Crippen molar-refractivity contribution in [1.29, 1.82) is 0 Å². The minimum Gasteiger partial charge on any atom is -0.459 e. The molecule has 3 aliphatic heterocycles. The van der Waals surface area contributed by atoms with Crippen molar-refractivity contribution in [2.75, 3.05) is 33.0 Å². The number of rotatable bonds is 8. The molecule has 5 rings (SSSR count). The molecule has 1 unspecified atom stereocenters. The van der Waals surface area contributed by atoms with Crippen LogP contribution in [0, 0.1) is 29.5 Å². The number of aromatic nitrogens is 1. The van der Waals surface area contributed by atoms with Crippen LogP contribution in [0.25, 0.3) is 10.2 Å². The fraction of sp³-hybridized carbons (Fsp3) is 0.750. The van der Waals surface area contributed by atoms with Gasteiger partial charge >= 0.3 is 5.97 Å². The summed E-state index contributed by atoms with van der Waals surface area (Å²) in [6.45, 7) is 12.9. The van der Waals surface area contributed by atoms with Crippen LogP contribution in [0.1, 0.15) is 80.2 Å². The number of aliphatic hydroxyl groups is 2. The smallest absolute Gasteiger partial charge is 0.316 e. The zero-order chi connectivity index (χ0) is 42.1. The SMILES string of the molecule is CC[C@H]1OC(=O)[C@H](C)C(=O)[C@H](C)[C@@H](O[C@@H]2O[C@H](C)C[C@H](N(C)C)[C@H]2O)[C@@]2(C)C[C@@H](C)C(=O)[C@H](C)[C@@H](OCC(NOCc3cc(F)c4nc(N)sc4c3)CO2)[C@]1(C)O. The van der Waals surface area contributed by atoms with Crippen LogP contribution in [0.4, 0.5) is 9.52 Å². The topological polar surface area (TPSA) is 201 Å². The van der Waals surface area contributed by atoms with Crippen LogP contribution in [-0.4, -0.2) is 125 Å². The number of hydrogen-bond donors (Lipinski definition) is 4. The summed E-state index contributed by atoms with van der Waals surface area (Å²) in [4.78, 5) is 54.3. The summed E-state index contributed by atoms with van der Waals surface area (Å²) in [5, 5.41) is 24.0. The molecule has 1 aromatic heterocycles. The van der Waals surface area contributed by atoms with Gasteiger partial charge in [0, 0.05) is 23.8 Å². The number of nitrogens with one attached hydrogen (secondary N) is 1. The number of esters is 1. The number of cyclic esters (lactones) is 1. The molecule has 17 heteroatoms. The number of hydrogen-bond acceptors (Lipinski definition) is 16. The normalized spacial score (nSPS) is 39.1. The van der Waals surface area contributed by atoms with E-state index in [9.17, 15) is 29.0 Å². The van der Waals surface area contributed by atoms with E-state index in [1.54, 1.807) is 40.7 Å². The Kier molecular flexibility index (Phi) is 14.5. The molecule has 5 N–H and O–H groups in total. The Bertz CT molecular complexity index is 1750. The summed E-state index contributed by atoms with van der Waals surface area (Å²) in [6, 6.07) is 1.95. The van der Waals surface area contributed by atoms with Crippen molar-refractivity contribution in [3.05, 3.63) is 23.5 Å². The van der Waals surface area contributed by atoms with Gasteiger partial charge in [-0.1, -0.05) is 39.0 Å². The zero-order valence-electron chi connectivity index (χ0n) is 34.7. The molecule has 0 radical (unpaired) electrons. The second-order valence-corrected chi connectivity index (χ2v) is 17.9. The van der Waals surface area contributed by atoms with Crippen molar-refractivity contribution in [3.8, 4) is 0 Å². The van der Waals surface area contributed by atoms with Gasteiger partial charge in [0.05, 0.1) is 54.5 Å². The molecule has 3 aliphatic rings. The Morgan fingerprint density at radius 1 is 1.09 bits per heavy atom. The second-order valence-electron chi connectivity index (χ2n) is 16.9. The number of nitrogens with zero attached hydrogens (tertiary/aromatic N) is 2. The lowest BCUT2D eigenvalue weighted by Crippen LogP contribution is -2.60. The van der Waals surface area contributed by atoms with E-state index in [0.717, 1.165) is 11.3 Å². The first-order valence-corrected chi connectivity index (χ1v) is 20.6. The minimum atomic E-state index is -1.88. The Balaban J connectivity index is 1.57. The molecular weight excluding hydrogens is 764 g/mol. The highest BCUT2D eigenvalue weighted by molar-refractivity contribution is 7.22. The first-order valence-electron chi connectivity index (χ1n) is 19.8. The van der Waals surface area contributed by atoms with Crippen molar-refractivity contribution in [1.82, 2.24) is 15.4 Å². The maximum absolute atomic E-state index is 14.9. The number of halogens is 1. The van der Waals surface area contributed by atoms with Crippen molar-refractivity contribution >= 4 is 44.2 Å². The summed E-state index contributed by atoms with van der Waals surface area (Å²) in [7, 11) is 3.70. The number of likely N-dealkylation sites (N-methyl/N-ethyl adjacent to an activating group) is 1. The summed E-state index contributed by atoms with van der Waals surface area (Å²) in [5.74, 6) is -6.10. The number of nitrogens with two attached hydrogens (primary N) is 1. The van der Waals surface area contributed by atoms with Crippen LogP contribution >= 0.6 is 11.3 Å².